The summed E-state index contributed by atoms with van der Waals surface area (Å²) in [4.78, 5) is 10.6. The molecule has 0 fully saturated rings. The molecule has 0 aliphatic heterocycles. The smallest absolute Gasteiger partial charge is 0.345 e. The van der Waals surface area contributed by atoms with Crippen LogP contribution in [-0.4, -0.2) is 19.5 Å². The van der Waals surface area contributed by atoms with Crippen LogP contribution in [0.25, 0.3) is 0 Å². The van der Waals surface area contributed by atoms with Crippen molar-refractivity contribution < 1.29 is 22.7 Å². The van der Waals surface area contributed by atoms with E-state index in [1.165, 1.54) is 23.6 Å². The second-order valence-electron chi connectivity index (χ2n) is 4.35. The number of benzene rings is 1. The molecular weight excluding hydrogens is 317 g/mol. The van der Waals surface area contributed by atoms with E-state index in [0.717, 1.165) is 17.4 Å². The maximum absolute atomic E-state index is 13.1. The molecule has 0 saturated heterocycles. The molecule has 2 rings (SSSR count). The van der Waals surface area contributed by atoms with Gasteiger partial charge in [-0.3, -0.25) is 0 Å². The summed E-state index contributed by atoms with van der Waals surface area (Å²) < 4.78 is 39.8. The van der Waals surface area contributed by atoms with Crippen molar-refractivity contribution in [1.82, 2.24) is 4.72 Å². The number of hydrogen-bond acceptors (Lipinski definition) is 4. The fraction of sp³-hybridized carbons (Fsp3) is 0.154. The van der Waals surface area contributed by atoms with Gasteiger partial charge in [-0.15, -0.1) is 11.3 Å². The second-order valence-corrected chi connectivity index (χ2v) is 6.98. The standard InChI is InChI=1S/C13H12FNO4S2/c1-8(9-3-2-4-10(14)5-9)15-21(18,19)11-6-12(13(16)17)20-7-11/h2-8,15H,1H3,(H,16,17)/t8-/m0/s1. The van der Waals surface area contributed by atoms with Crippen molar-refractivity contribution in [3.05, 3.63) is 52.0 Å². The van der Waals surface area contributed by atoms with Crippen LogP contribution in [0.5, 0.6) is 0 Å². The normalized spacial score (nSPS) is 13.0. The molecule has 0 aliphatic carbocycles. The average Bonchev–Trinajstić information content (AvgIpc) is 2.88. The van der Waals surface area contributed by atoms with Crippen LogP contribution in [0.4, 0.5) is 4.39 Å². The van der Waals surface area contributed by atoms with Crippen LogP contribution in [0.3, 0.4) is 0 Å². The molecule has 2 aromatic rings. The van der Waals surface area contributed by atoms with Crippen LogP contribution in [0, 0.1) is 5.82 Å². The highest BCUT2D eigenvalue weighted by Crippen LogP contribution is 2.22. The first-order valence-corrected chi connectivity index (χ1v) is 8.25. The Morgan fingerprint density at radius 1 is 1.38 bits per heavy atom. The molecule has 0 saturated carbocycles. The minimum atomic E-state index is -3.86. The Kier molecular flexibility index (Phi) is 4.40. The number of carbonyl (C=O) groups is 1. The van der Waals surface area contributed by atoms with Gasteiger partial charge < -0.3 is 5.11 Å². The summed E-state index contributed by atoms with van der Waals surface area (Å²) in [6.45, 7) is 1.58. The van der Waals surface area contributed by atoms with E-state index in [-0.39, 0.29) is 9.77 Å². The van der Waals surface area contributed by atoms with Crippen molar-refractivity contribution in [2.45, 2.75) is 17.9 Å². The predicted molar refractivity (Wildman–Crippen MR) is 76.4 cm³/mol. The zero-order chi connectivity index (χ0) is 15.6. The van der Waals surface area contributed by atoms with E-state index in [4.69, 9.17) is 5.11 Å². The Hall–Kier alpha value is -1.77. The van der Waals surface area contributed by atoms with Gasteiger partial charge in [-0.2, -0.15) is 0 Å². The van der Waals surface area contributed by atoms with Gasteiger partial charge in [0.05, 0.1) is 4.90 Å². The summed E-state index contributed by atoms with van der Waals surface area (Å²) in [5.41, 5.74) is 0.479. The molecule has 2 N–H and O–H groups in total. The molecule has 5 nitrogen and oxygen atoms in total. The summed E-state index contributed by atoms with van der Waals surface area (Å²) in [5.74, 6) is -1.64. The molecule has 0 amide bonds. The van der Waals surface area contributed by atoms with Crippen molar-refractivity contribution in [2.75, 3.05) is 0 Å². The molecule has 1 heterocycles. The van der Waals surface area contributed by atoms with Crippen LogP contribution >= 0.6 is 11.3 Å². The first-order valence-electron chi connectivity index (χ1n) is 5.89. The van der Waals surface area contributed by atoms with Crippen LogP contribution in [0.15, 0.2) is 40.6 Å². The lowest BCUT2D eigenvalue weighted by atomic mass is 10.1. The van der Waals surface area contributed by atoms with Gasteiger partial charge in [-0.1, -0.05) is 12.1 Å². The maximum atomic E-state index is 13.1. The number of aromatic carboxylic acids is 1. The summed E-state index contributed by atoms with van der Waals surface area (Å²) in [6, 6.07) is 6.05. The number of halogens is 1. The predicted octanol–water partition coefficient (Wildman–Crippen LogP) is 2.62. The monoisotopic (exact) mass is 329 g/mol. The highest BCUT2D eigenvalue weighted by atomic mass is 32.2. The van der Waals surface area contributed by atoms with E-state index in [1.807, 2.05) is 0 Å². The Morgan fingerprint density at radius 2 is 2.10 bits per heavy atom. The van der Waals surface area contributed by atoms with E-state index < -0.39 is 27.9 Å². The third-order valence-corrected chi connectivity index (χ3v) is 5.36. The number of carboxylic acid groups (broad SMARTS) is 1. The molecule has 0 spiro atoms. The molecule has 0 aliphatic rings. The molecule has 0 bridgehead atoms. The number of rotatable bonds is 5. The third-order valence-electron chi connectivity index (χ3n) is 2.78. The molecule has 8 heteroatoms. The van der Waals surface area contributed by atoms with Crippen molar-refractivity contribution in [2.24, 2.45) is 0 Å². The third kappa shape index (κ3) is 3.66. The van der Waals surface area contributed by atoms with Crippen molar-refractivity contribution in [3.8, 4) is 0 Å². The van der Waals surface area contributed by atoms with Gasteiger partial charge in [0.25, 0.3) is 0 Å². The minimum Gasteiger partial charge on any atom is -0.477 e. The number of thiophene rings is 1. The number of carboxylic acids is 1. The summed E-state index contributed by atoms with van der Waals surface area (Å²) >= 11 is 0.831. The lowest BCUT2D eigenvalue weighted by Crippen LogP contribution is -2.26. The molecule has 112 valence electrons. The van der Waals surface area contributed by atoms with E-state index in [1.54, 1.807) is 13.0 Å². The summed E-state index contributed by atoms with van der Waals surface area (Å²) in [7, 11) is -3.86. The fourth-order valence-corrected chi connectivity index (χ4v) is 4.06. The molecule has 1 aromatic carbocycles. The minimum absolute atomic E-state index is 0.0613. The summed E-state index contributed by atoms with van der Waals surface area (Å²) in [5, 5.41) is 10.1. The van der Waals surface area contributed by atoms with Gasteiger partial charge in [0.15, 0.2) is 0 Å². The van der Waals surface area contributed by atoms with Gasteiger partial charge in [0.1, 0.15) is 10.7 Å². The van der Waals surface area contributed by atoms with Gasteiger partial charge >= 0.3 is 5.97 Å². The summed E-state index contributed by atoms with van der Waals surface area (Å²) in [6.07, 6.45) is 0. The SMILES string of the molecule is C[C@H](NS(=O)(=O)c1csc(C(=O)O)c1)c1cccc(F)c1. The molecule has 1 atom stereocenters. The molecular formula is C13H12FNO4S2. The Bertz CT molecular complexity index is 770. The fourth-order valence-electron chi connectivity index (χ4n) is 1.72. The lowest BCUT2D eigenvalue weighted by molar-refractivity contribution is 0.0702. The topological polar surface area (TPSA) is 83.5 Å². The van der Waals surface area contributed by atoms with Crippen molar-refractivity contribution >= 4 is 27.3 Å². The van der Waals surface area contributed by atoms with Crippen LogP contribution < -0.4 is 4.72 Å². The van der Waals surface area contributed by atoms with E-state index >= 15 is 0 Å². The van der Waals surface area contributed by atoms with Gasteiger partial charge in [-0.05, 0) is 30.7 Å². The first kappa shape index (κ1) is 15.6. The Balaban J connectivity index is 2.22. The largest absolute Gasteiger partial charge is 0.477 e. The Morgan fingerprint density at radius 3 is 2.67 bits per heavy atom. The second kappa shape index (κ2) is 5.92. The van der Waals surface area contributed by atoms with Crippen LogP contribution in [0.2, 0.25) is 0 Å². The van der Waals surface area contributed by atoms with Gasteiger partial charge in [0, 0.05) is 11.4 Å². The van der Waals surface area contributed by atoms with Gasteiger partial charge in [0.2, 0.25) is 10.0 Å². The van der Waals surface area contributed by atoms with Crippen LogP contribution in [0.1, 0.15) is 28.2 Å². The van der Waals surface area contributed by atoms with Gasteiger partial charge in [-0.25, -0.2) is 22.3 Å². The van der Waals surface area contributed by atoms with Crippen molar-refractivity contribution in [1.29, 1.82) is 0 Å². The number of sulfonamides is 1. The van der Waals surface area contributed by atoms with E-state index in [2.05, 4.69) is 4.72 Å². The van der Waals surface area contributed by atoms with E-state index in [0.29, 0.717) is 5.56 Å². The molecule has 21 heavy (non-hydrogen) atoms. The quantitative estimate of drug-likeness (QED) is 0.883. The highest BCUT2D eigenvalue weighted by Gasteiger charge is 2.21. The average molecular weight is 329 g/mol. The van der Waals surface area contributed by atoms with Crippen molar-refractivity contribution in [3.63, 3.8) is 0 Å². The lowest BCUT2D eigenvalue weighted by Gasteiger charge is -2.14. The number of nitrogens with one attached hydrogen (secondary N) is 1. The maximum Gasteiger partial charge on any atom is 0.345 e. The first-order chi connectivity index (χ1) is 9.79. The van der Waals surface area contributed by atoms with Crippen LogP contribution in [-0.2, 0) is 10.0 Å². The molecule has 0 unspecified atom stereocenters. The number of hydrogen-bond donors (Lipinski definition) is 2. The molecule has 0 radical (unpaired) electrons. The highest BCUT2D eigenvalue weighted by molar-refractivity contribution is 7.89. The Labute approximate surface area is 125 Å². The van der Waals surface area contributed by atoms with E-state index in [9.17, 15) is 17.6 Å². The molecule has 1 aromatic heterocycles. The zero-order valence-corrected chi connectivity index (χ0v) is 12.5. The zero-order valence-electron chi connectivity index (χ0n) is 10.9.